The van der Waals surface area contributed by atoms with Crippen molar-refractivity contribution in [3.63, 3.8) is 0 Å². The summed E-state index contributed by atoms with van der Waals surface area (Å²) >= 11 is 13.4. The highest BCUT2D eigenvalue weighted by Crippen LogP contribution is 2.31. The number of benzene rings is 2. The molecule has 2 aromatic heterocycles. The first-order chi connectivity index (χ1) is 15.4. The van der Waals surface area contributed by atoms with Gasteiger partial charge in [-0.25, -0.2) is 0 Å². The molecule has 0 bridgehead atoms. The van der Waals surface area contributed by atoms with E-state index in [1.165, 1.54) is 18.2 Å². The molecule has 2 heterocycles. The van der Waals surface area contributed by atoms with E-state index >= 15 is 0 Å². The summed E-state index contributed by atoms with van der Waals surface area (Å²) < 4.78 is 1.75. The minimum Gasteiger partial charge on any atom is -0.293 e. The van der Waals surface area contributed by atoms with Crippen molar-refractivity contribution in [3.05, 3.63) is 92.7 Å². The van der Waals surface area contributed by atoms with Crippen LogP contribution < -0.4 is 0 Å². The molecule has 0 spiro atoms. The van der Waals surface area contributed by atoms with Crippen molar-refractivity contribution in [3.8, 4) is 17.1 Å². The highest BCUT2D eigenvalue weighted by Gasteiger charge is 2.19. The Labute approximate surface area is 196 Å². The van der Waals surface area contributed by atoms with Crippen LogP contribution in [-0.2, 0) is 0 Å². The number of nitro benzene ring substituents is 1. The zero-order valence-corrected chi connectivity index (χ0v) is 18.5. The van der Waals surface area contributed by atoms with Gasteiger partial charge >= 0.3 is 0 Å². The Bertz CT molecular complexity index is 1310. The van der Waals surface area contributed by atoms with Gasteiger partial charge in [0.15, 0.2) is 16.8 Å². The van der Waals surface area contributed by atoms with Gasteiger partial charge in [0.2, 0.25) is 0 Å². The number of carbonyl (C=O) groups excluding carboxylic acids is 1. The number of hydrogen-bond acceptors (Lipinski definition) is 7. The second-order valence-corrected chi connectivity index (χ2v) is 8.26. The van der Waals surface area contributed by atoms with Crippen LogP contribution in [-0.4, -0.2) is 36.2 Å². The first-order valence-corrected chi connectivity index (χ1v) is 10.9. The predicted octanol–water partition coefficient (Wildman–Crippen LogP) is 5.52. The summed E-state index contributed by atoms with van der Waals surface area (Å²) in [6.07, 6.45) is 3.30. The Hall–Kier alpha value is -3.27. The van der Waals surface area contributed by atoms with E-state index in [2.05, 4.69) is 15.2 Å². The van der Waals surface area contributed by atoms with Gasteiger partial charge in [-0.3, -0.25) is 24.5 Å². The molecular formula is C21H13Cl2N5O3S. The van der Waals surface area contributed by atoms with Crippen LogP contribution in [0.3, 0.4) is 0 Å². The van der Waals surface area contributed by atoms with Crippen LogP contribution in [0.5, 0.6) is 0 Å². The number of halogens is 2. The normalized spacial score (nSPS) is 10.8. The number of nitro groups is 1. The fraction of sp³-hybridized carbons (Fsp3) is 0.0476. The van der Waals surface area contributed by atoms with E-state index < -0.39 is 4.92 Å². The van der Waals surface area contributed by atoms with E-state index in [0.717, 1.165) is 17.3 Å². The quantitative estimate of drug-likeness (QED) is 0.147. The fourth-order valence-corrected chi connectivity index (χ4v) is 4.05. The SMILES string of the molecule is O=C(CSc1nnc(-c2cccnc2)n1-c1ccc(Cl)c(Cl)c1)c1cccc([N+](=O)[O-])c1. The van der Waals surface area contributed by atoms with Crippen molar-refractivity contribution in [2.45, 2.75) is 5.16 Å². The maximum atomic E-state index is 12.7. The lowest BCUT2D eigenvalue weighted by Crippen LogP contribution is -2.05. The summed E-state index contributed by atoms with van der Waals surface area (Å²) in [4.78, 5) is 27.2. The van der Waals surface area contributed by atoms with E-state index in [0.29, 0.717) is 26.7 Å². The molecule has 4 aromatic rings. The summed E-state index contributed by atoms with van der Waals surface area (Å²) in [6.45, 7) is 0. The molecule has 11 heteroatoms. The van der Waals surface area contributed by atoms with Crippen molar-refractivity contribution in [1.82, 2.24) is 19.7 Å². The Balaban J connectivity index is 1.67. The Morgan fingerprint density at radius 1 is 1.06 bits per heavy atom. The van der Waals surface area contributed by atoms with E-state index in [9.17, 15) is 14.9 Å². The van der Waals surface area contributed by atoms with Gasteiger partial charge in [-0.2, -0.15) is 0 Å². The molecule has 32 heavy (non-hydrogen) atoms. The zero-order valence-electron chi connectivity index (χ0n) is 16.2. The van der Waals surface area contributed by atoms with Gasteiger partial charge in [0.1, 0.15) is 0 Å². The minimum atomic E-state index is -0.537. The molecule has 0 radical (unpaired) electrons. The number of aromatic nitrogens is 4. The summed E-state index contributed by atoms with van der Waals surface area (Å²) in [5, 5.41) is 20.7. The van der Waals surface area contributed by atoms with Crippen LogP contribution in [0.4, 0.5) is 5.69 Å². The predicted molar refractivity (Wildman–Crippen MR) is 123 cm³/mol. The summed E-state index contributed by atoms with van der Waals surface area (Å²) in [5.74, 6) is 0.250. The third-order valence-electron chi connectivity index (χ3n) is 4.43. The molecule has 0 fully saturated rings. The van der Waals surface area contributed by atoms with Gasteiger partial charge in [0.25, 0.3) is 5.69 Å². The maximum absolute atomic E-state index is 12.7. The fourth-order valence-electron chi connectivity index (χ4n) is 2.91. The number of pyridine rings is 1. The van der Waals surface area contributed by atoms with E-state index in [1.807, 2.05) is 6.07 Å². The molecule has 2 aromatic carbocycles. The highest BCUT2D eigenvalue weighted by molar-refractivity contribution is 7.99. The van der Waals surface area contributed by atoms with Gasteiger partial charge in [0.05, 0.1) is 26.4 Å². The summed E-state index contributed by atoms with van der Waals surface area (Å²) in [6, 6.07) is 14.3. The van der Waals surface area contributed by atoms with Crippen molar-refractivity contribution in [2.75, 3.05) is 5.75 Å². The van der Waals surface area contributed by atoms with Crippen molar-refractivity contribution >= 4 is 46.4 Å². The lowest BCUT2D eigenvalue weighted by Gasteiger charge is -2.11. The number of ketones is 1. The summed E-state index contributed by atoms with van der Waals surface area (Å²) in [7, 11) is 0. The molecule has 0 saturated heterocycles. The van der Waals surface area contributed by atoms with Crippen LogP contribution in [0.2, 0.25) is 10.0 Å². The van der Waals surface area contributed by atoms with Crippen molar-refractivity contribution in [2.24, 2.45) is 0 Å². The molecule has 0 atom stereocenters. The lowest BCUT2D eigenvalue weighted by molar-refractivity contribution is -0.384. The number of thioether (sulfide) groups is 1. The first-order valence-electron chi connectivity index (χ1n) is 9.16. The van der Waals surface area contributed by atoms with Crippen LogP contribution in [0.15, 0.2) is 72.1 Å². The minimum absolute atomic E-state index is 0.00760. The number of hydrogen-bond donors (Lipinski definition) is 0. The molecule has 0 saturated carbocycles. The molecular weight excluding hydrogens is 473 g/mol. The third-order valence-corrected chi connectivity index (χ3v) is 6.09. The second-order valence-electron chi connectivity index (χ2n) is 6.50. The number of rotatable bonds is 7. The molecule has 0 amide bonds. The first kappa shape index (κ1) is 21.9. The molecule has 0 unspecified atom stereocenters. The number of carbonyl (C=O) groups is 1. The monoisotopic (exact) mass is 485 g/mol. The van der Waals surface area contributed by atoms with Gasteiger partial charge in [-0.1, -0.05) is 47.1 Å². The average molecular weight is 486 g/mol. The average Bonchev–Trinajstić information content (AvgIpc) is 3.24. The van der Waals surface area contributed by atoms with Crippen LogP contribution in [0.1, 0.15) is 10.4 Å². The molecule has 8 nitrogen and oxygen atoms in total. The Morgan fingerprint density at radius 2 is 1.91 bits per heavy atom. The summed E-state index contributed by atoms with van der Waals surface area (Å²) in [5.41, 5.74) is 1.50. The number of Topliss-reactive ketones (excluding diaryl/α,β-unsaturated/α-hetero) is 1. The van der Waals surface area contributed by atoms with E-state index in [4.69, 9.17) is 23.2 Å². The standard InChI is InChI=1S/C21H13Cl2N5O3S/c22-17-7-6-15(10-18(17)23)27-20(14-4-2-8-24-11-14)25-26-21(27)32-12-19(29)13-3-1-5-16(9-13)28(30)31/h1-11H,12H2. The molecule has 160 valence electrons. The lowest BCUT2D eigenvalue weighted by atomic mass is 10.1. The molecule has 0 aliphatic carbocycles. The van der Waals surface area contributed by atoms with Gasteiger partial charge in [-0.15, -0.1) is 10.2 Å². The largest absolute Gasteiger partial charge is 0.293 e. The smallest absolute Gasteiger partial charge is 0.270 e. The molecule has 0 aliphatic rings. The van der Waals surface area contributed by atoms with Crippen molar-refractivity contribution < 1.29 is 9.72 Å². The zero-order chi connectivity index (χ0) is 22.7. The van der Waals surface area contributed by atoms with Crippen LogP contribution in [0.25, 0.3) is 17.1 Å². The molecule has 0 N–H and O–H groups in total. The number of non-ortho nitro benzene ring substituents is 1. The van der Waals surface area contributed by atoms with Crippen LogP contribution >= 0.6 is 35.0 Å². The van der Waals surface area contributed by atoms with Gasteiger partial charge in [-0.05, 0) is 30.3 Å². The maximum Gasteiger partial charge on any atom is 0.270 e. The van der Waals surface area contributed by atoms with Gasteiger partial charge in [0, 0.05) is 35.7 Å². The van der Waals surface area contributed by atoms with E-state index in [-0.39, 0.29) is 22.8 Å². The van der Waals surface area contributed by atoms with E-state index in [1.54, 1.807) is 47.3 Å². The molecule has 0 aliphatic heterocycles. The highest BCUT2D eigenvalue weighted by atomic mass is 35.5. The Morgan fingerprint density at radius 3 is 2.62 bits per heavy atom. The van der Waals surface area contributed by atoms with Gasteiger partial charge < -0.3 is 0 Å². The number of nitrogens with zero attached hydrogens (tertiary/aromatic N) is 5. The van der Waals surface area contributed by atoms with Crippen molar-refractivity contribution in [1.29, 1.82) is 0 Å². The third kappa shape index (κ3) is 4.64. The Kier molecular flexibility index (Phi) is 6.50. The molecule has 4 rings (SSSR count). The second kappa shape index (κ2) is 9.47. The topological polar surface area (TPSA) is 104 Å². The van der Waals surface area contributed by atoms with Crippen LogP contribution in [0, 0.1) is 10.1 Å².